The number of anilines is 1. The topological polar surface area (TPSA) is 95.7 Å². The molecule has 1 aromatic heterocycles. The third-order valence-electron chi connectivity index (χ3n) is 7.26. The average molecular weight is 519 g/mol. The second-order valence-electron chi connectivity index (χ2n) is 9.72. The Morgan fingerprint density at radius 1 is 0.919 bits per heavy atom. The highest BCUT2D eigenvalue weighted by Crippen LogP contribution is 2.25. The van der Waals surface area contributed by atoms with E-state index < -0.39 is 15.6 Å². The van der Waals surface area contributed by atoms with Crippen molar-refractivity contribution in [3.8, 4) is 11.1 Å². The quantitative estimate of drug-likeness (QED) is 0.461. The molecule has 0 aliphatic carbocycles. The Labute approximate surface area is 219 Å². The molecule has 9 heteroatoms. The predicted octanol–water partition coefficient (Wildman–Crippen LogP) is 2.69. The third-order valence-corrected chi connectivity index (χ3v) is 9.47. The van der Waals surface area contributed by atoms with Crippen molar-refractivity contribution < 1.29 is 9.00 Å². The molecular formula is C28H34N6O2S. The van der Waals surface area contributed by atoms with Crippen molar-refractivity contribution in [1.82, 2.24) is 19.2 Å². The van der Waals surface area contributed by atoms with Gasteiger partial charge < -0.3 is 15.5 Å². The first-order valence-corrected chi connectivity index (χ1v) is 14.5. The monoisotopic (exact) mass is 518 g/mol. The van der Waals surface area contributed by atoms with Crippen molar-refractivity contribution in [2.45, 2.75) is 24.2 Å². The van der Waals surface area contributed by atoms with Crippen molar-refractivity contribution in [3.63, 3.8) is 0 Å². The lowest BCUT2D eigenvalue weighted by Crippen LogP contribution is -2.49. The largest absolute Gasteiger partial charge is 0.366 e. The van der Waals surface area contributed by atoms with Crippen molar-refractivity contribution in [2.24, 2.45) is 5.73 Å². The zero-order chi connectivity index (χ0) is 25.8. The smallest absolute Gasteiger partial charge is 0.251 e. The Morgan fingerprint density at radius 3 is 2.24 bits per heavy atom. The molecule has 2 N–H and O–H groups in total. The molecule has 1 amide bonds. The van der Waals surface area contributed by atoms with Gasteiger partial charge in [-0.2, -0.15) is 0 Å². The predicted molar refractivity (Wildman–Crippen MR) is 149 cm³/mol. The van der Waals surface area contributed by atoms with Gasteiger partial charge in [-0.15, -0.1) is 0 Å². The van der Waals surface area contributed by atoms with E-state index in [0.717, 1.165) is 23.4 Å². The summed E-state index contributed by atoms with van der Waals surface area (Å²) in [6.07, 6.45) is 6.57. The van der Waals surface area contributed by atoms with Crippen LogP contribution in [0.1, 0.15) is 28.8 Å². The summed E-state index contributed by atoms with van der Waals surface area (Å²) in [6.45, 7) is 5.93. The zero-order valence-corrected chi connectivity index (χ0v) is 21.9. The number of nitrogens with zero attached hydrogens (tertiary/aromatic N) is 5. The van der Waals surface area contributed by atoms with Crippen molar-refractivity contribution >= 4 is 27.4 Å². The third kappa shape index (κ3) is 5.84. The maximum Gasteiger partial charge on any atom is 0.251 e. The SMILES string of the molecule is C=S(=O)(c1ccc(-c2cccc(CCN3CCCC3)c2)cc1)N1CCN(c2ncc(C(N)=O)cn2)CC1. The Bertz CT molecular complexity index is 1330. The van der Waals surface area contributed by atoms with Gasteiger partial charge in [0, 0.05) is 50.0 Å². The van der Waals surface area contributed by atoms with E-state index in [2.05, 4.69) is 45.0 Å². The number of amides is 1. The van der Waals surface area contributed by atoms with Gasteiger partial charge in [-0.1, -0.05) is 36.4 Å². The second kappa shape index (κ2) is 11.0. The van der Waals surface area contributed by atoms with E-state index in [1.807, 2.05) is 33.5 Å². The maximum absolute atomic E-state index is 13.7. The maximum atomic E-state index is 13.7. The molecule has 2 aliphatic heterocycles. The number of hydrogen-bond acceptors (Lipinski definition) is 6. The highest BCUT2D eigenvalue weighted by atomic mass is 32.2. The van der Waals surface area contributed by atoms with Gasteiger partial charge >= 0.3 is 0 Å². The van der Waals surface area contributed by atoms with E-state index in [1.165, 1.54) is 49.5 Å². The molecule has 3 heterocycles. The van der Waals surface area contributed by atoms with E-state index >= 15 is 0 Å². The van der Waals surface area contributed by atoms with Gasteiger partial charge in [-0.05, 0) is 67.0 Å². The van der Waals surface area contributed by atoms with Crippen LogP contribution in [0.25, 0.3) is 11.1 Å². The molecule has 0 bridgehead atoms. The molecule has 0 saturated carbocycles. The first-order chi connectivity index (χ1) is 17.9. The van der Waals surface area contributed by atoms with Crippen molar-refractivity contribution in [1.29, 1.82) is 0 Å². The van der Waals surface area contributed by atoms with Crippen LogP contribution in [0.3, 0.4) is 0 Å². The second-order valence-corrected chi connectivity index (χ2v) is 12.0. The van der Waals surface area contributed by atoms with Gasteiger partial charge in [-0.25, -0.2) is 18.5 Å². The van der Waals surface area contributed by atoms with Crippen molar-refractivity contribution in [2.75, 3.05) is 50.7 Å². The molecule has 37 heavy (non-hydrogen) atoms. The lowest BCUT2D eigenvalue weighted by Gasteiger charge is -2.36. The van der Waals surface area contributed by atoms with Gasteiger partial charge in [0.1, 0.15) is 0 Å². The first-order valence-electron chi connectivity index (χ1n) is 12.8. The normalized spacial score (nSPS) is 18.5. The van der Waals surface area contributed by atoms with Crippen LogP contribution >= 0.6 is 0 Å². The number of rotatable bonds is 8. The van der Waals surface area contributed by atoms with Crippen LogP contribution in [0.2, 0.25) is 0 Å². The lowest BCUT2D eigenvalue weighted by atomic mass is 10.0. The van der Waals surface area contributed by atoms with Gasteiger partial charge in [0.15, 0.2) is 0 Å². The number of carbonyl (C=O) groups is 1. The Morgan fingerprint density at radius 2 is 1.59 bits per heavy atom. The number of benzene rings is 2. The highest BCUT2D eigenvalue weighted by molar-refractivity contribution is 7.98. The first kappa shape index (κ1) is 25.4. The molecule has 3 aromatic rings. The number of carbonyl (C=O) groups excluding carboxylic acids is 1. The molecule has 2 aromatic carbocycles. The zero-order valence-electron chi connectivity index (χ0n) is 21.1. The van der Waals surface area contributed by atoms with E-state index in [1.54, 1.807) is 0 Å². The van der Waals surface area contributed by atoms with E-state index in [-0.39, 0.29) is 5.56 Å². The van der Waals surface area contributed by atoms with Crippen LogP contribution in [-0.2, 0) is 16.1 Å². The number of hydrogen-bond donors (Lipinski definition) is 1. The van der Waals surface area contributed by atoms with E-state index in [0.29, 0.717) is 32.1 Å². The summed E-state index contributed by atoms with van der Waals surface area (Å²) < 4.78 is 15.7. The molecule has 2 fully saturated rings. The molecule has 194 valence electrons. The summed E-state index contributed by atoms with van der Waals surface area (Å²) in [5, 5.41) is 0. The molecule has 8 nitrogen and oxygen atoms in total. The van der Waals surface area contributed by atoms with Crippen LogP contribution in [-0.4, -0.2) is 81.0 Å². The Balaban J connectivity index is 1.21. The van der Waals surface area contributed by atoms with Crippen LogP contribution in [0.5, 0.6) is 0 Å². The molecule has 5 rings (SSSR count). The van der Waals surface area contributed by atoms with Crippen LogP contribution < -0.4 is 10.6 Å². The van der Waals surface area contributed by atoms with Gasteiger partial charge in [0.05, 0.1) is 15.3 Å². The summed E-state index contributed by atoms with van der Waals surface area (Å²) in [5.74, 6) is 4.10. The fourth-order valence-electron chi connectivity index (χ4n) is 5.00. The summed E-state index contributed by atoms with van der Waals surface area (Å²) >= 11 is 0. The average Bonchev–Trinajstić information content (AvgIpc) is 3.46. The minimum Gasteiger partial charge on any atom is -0.366 e. The molecule has 2 aliphatic rings. The van der Waals surface area contributed by atoms with Gasteiger partial charge in [0.2, 0.25) is 5.95 Å². The van der Waals surface area contributed by atoms with Crippen molar-refractivity contribution in [3.05, 3.63) is 72.1 Å². The van der Waals surface area contributed by atoms with E-state index in [9.17, 15) is 9.00 Å². The molecule has 0 spiro atoms. The van der Waals surface area contributed by atoms with E-state index in [4.69, 9.17) is 5.73 Å². The number of aromatic nitrogens is 2. The summed E-state index contributed by atoms with van der Waals surface area (Å²) in [5.41, 5.74) is 9.18. The van der Waals surface area contributed by atoms with Crippen LogP contribution in [0.15, 0.2) is 65.8 Å². The summed E-state index contributed by atoms with van der Waals surface area (Å²) in [7, 11) is -2.61. The fourth-order valence-corrected chi connectivity index (χ4v) is 6.62. The molecule has 1 unspecified atom stereocenters. The molecule has 0 radical (unpaired) electrons. The number of likely N-dealkylation sites (tertiary alicyclic amines) is 1. The molecular weight excluding hydrogens is 484 g/mol. The number of piperazine rings is 1. The summed E-state index contributed by atoms with van der Waals surface area (Å²) in [6, 6.07) is 16.7. The fraction of sp³-hybridized carbons (Fsp3) is 0.357. The molecule has 2 saturated heterocycles. The Hall–Kier alpha value is -3.27. The van der Waals surface area contributed by atoms with Crippen LogP contribution in [0, 0.1) is 0 Å². The highest BCUT2D eigenvalue weighted by Gasteiger charge is 2.25. The molecule has 1 atom stereocenters. The lowest BCUT2D eigenvalue weighted by molar-refractivity contribution is 0.0999. The minimum atomic E-state index is -2.61. The Kier molecular flexibility index (Phi) is 7.55. The van der Waals surface area contributed by atoms with Crippen LogP contribution in [0.4, 0.5) is 5.95 Å². The number of nitrogens with two attached hydrogens (primary N) is 1. The van der Waals surface area contributed by atoms with Gasteiger partial charge in [0.25, 0.3) is 5.91 Å². The summed E-state index contributed by atoms with van der Waals surface area (Å²) in [4.78, 5) is 25.0. The standard InChI is InChI=1S/C28H34N6O2S/c1-37(36,34-17-15-33(16-18-34)28-30-20-25(21-31-28)27(29)35)26-9-7-23(8-10-26)24-6-4-5-22(19-24)11-14-32-12-2-3-13-32/h4-10,19-21H,1-3,11-18H2,(H2,29,35). The number of primary amides is 1. The minimum absolute atomic E-state index is 0.278. The van der Waals surface area contributed by atoms with Gasteiger partial charge in [-0.3, -0.25) is 4.79 Å².